The molecule has 7 nitrogen and oxygen atoms in total. The SMILES string of the molecule is CC(C)CC(=O)[C@H]1CCCN(C(=O)c2ccc(N3CCc4[nH]ncc4C3)nc2)C1. The van der Waals surface area contributed by atoms with Crippen molar-refractivity contribution in [1.82, 2.24) is 20.1 Å². The third-order valence-corrected chi connectivity index (χ3v) is 5.89. The van der Waals surface area contributed by atoms with E-state index in [2.05, 4.69) is 33.9 Å². The number of piperidine rings is 1. The number of hydrogen-bond donors (Lipinski definition) is 1. The molecule has 2 aliphatic heterocycles. The Labute approximate surface area is 171 Å². The fourth-order valence-electron chi connectivity index (χ4n) is 4.29. The predicted molar refractivity (Wildman–Crippen MR) is 111 cm³/mol. The number of nitrogens with zero attached hydrogens (tertiary/aromatic N) is 4. The first-order valence-electron chi connectivity index (χ1n) is 10.6. The van der Waals surface area contributed by atoms with Crippen LogP contribution in [0.3, 0.4) is 0 Å². The molecule has 2 aliphatic rings. The molecule has 0 radical (unpaired) electrons. The summed E-state index contributed by atoms with van der Waals surface area (Å²) >= 11 is 0. The van der Waals surface area contributed by atoms with Crippen molar-refractivity contribution >= 4 is 17.5 Å². The average molecular weight is 396 g/mol. The Bertz CT molecular complexity index is 874. The molecule has 1 saturated heterocycles. The number of aromatic amines is 1. The van der Waals surface area contributed by atoms with E-state index in [1.54, 1.807) is 6.20 Å². The summed E-state index contributed by atoms with van der Waals surface area (Å²) in [6, 6.07) is 3.78. The summed E-state index contributed by atoms with van der Waals surface area (Å²) in [5.41, 5.74) is 2.98. The summed E-state index contributed by atoms with van der Waals surface area (Å²) in [5, 5.41) is 7.15. The van der Waals surface area contributed by atoms with Crippen molar-refractivity contribution in [1.29, 1.82) is 0 Å². The van der Waals surface area contributed by atoms with Crippen LogP contribution < -0.4 is 4.90 Å². The van der Waals surface area contributed by atoms with Crippen LogP contribution in [0.4, 0.5) is 5.82 Å². The van der Waals surface area contributed by atoms with Gasteiger partial charge < -0.3 is 9.80 Å². The minimum atomic E-state index is -0.0279. The number of ketones is 1. The van der Waals surface area contributed by atoms with Crippen molar-refractivity contribution in [2.24, 2.45) is 11.8 Å². The summed E-state index contributed by atoms with van der Waals surface area (Å²) in [4.78, 5) is 34.0. The largest absolute Gasteiger partial charge is 0.352 e. The Hall–Kier alpha value is -2.70. The first-order valence-corrected chi connectivity index (χ1v) is 10.6. The highest BCUT2D eigenvalue weighted by Gasteiger charge is 2.29. The van der Waals surface area contributed by atoms with Crippen LogP contribution in [0, 0.1) is 11.8 Å². The van der Waals surface area contributed by atoms with E-state index in [9.17, 15) is 9.59 Å². The van der Waals surface area contributed by atoms with Gasteiger partial charge in [-0.3, -0.25) is 14.7 Å². The highest BCUT2D eigenvalue weighted by atomic mass is 16.2. The number of carbonyl (C=O) groups is 2. The fraction of sp³-hybridized carbons (Fsp3) is 0.545. The van der Waals surface area contributed by atoms with Crippen molar-refractivity contribution in [3.8, 4) is 0 Å². The van der Waals surface area contributed by atoms with Crippen LogP contribution in [0.15, 0.2) is 24.5 Å². The molecule has 0 saturated carbocycles. The maximum atomic E-state index is 13.0. The highest BCUT2D eigenvalue weighted by molar-refractivity contribution is 5.94. The lowest BCUT2D eigenvalue weighted by atomic mass is 9.89. The molecule has 1 N–H and O–H groups in total. The summed E-state index contributed by atoms with van der Waals surface area (Å²) < 4.78 is 0. The van der Waals surface area contributed by atoms with E-state index >= 15 is 0 Å². The maximum absolute atomic E-state index is 13.0. The quantitative estimate of drug-likeness (QED) is 0.842. The number of aromatic nitrogens is 3. The van der Waals surface area contributed by atoms with E-state index in [1.807, 2.05) is 23.2 Å². The van der Waals surface area contributed by atoms with Crippen LogP contribution in [0.1, 0.15) is 54.7 Å². The number of pyridine rings is 1. The van der Waals surface area contributed by atoms with Crippen molar-refractivity contribution in [3.63, 3.8) is 0 Å². The van der Waals surface area contributed by atoms with E-state index in [0.717, 1.165) is 38.2 Å². The van der Waals surface area contributed by atoms with Crippen molar-refractivity contribution in [2.45, 2.75) is 46.1 Å². The fourth-order valence-corrected chi connectivity index (χ4v) is 4.29. The van der Waals surface area contributed by atoms with Gasteiger partial charge in [-0.1, -0.05) is 13.8 Å². The van der Waals surface area contributed by atoms with Crippen LogP contribution in [-0.4, -0.2) is 51.4 Å². The van der Waals surface area contributed by atoms with Crippen molar-refractivity contribution in [3.05, 3.63) is 41.3 Å². The molecule has 4 rings (SSSR count). The van der Waals surface area contributed by atoms with Crippen LogP contribution in [-0.2, 0) is 17.8 Å². The average Bonchev–Trinajstić information content (AvgIpc) is 3.21. The van der Waals surface area contributed by atoms with Gasteiger partial charge in [0.1, 0.15) is 11.6 Å². The normalized spacial score (nSPS) is 19.3. The number of carbonyl (C=O) groups excluding carboxylic acids is 2. The Morgan fingerprint density at radius 3 is 2.86 bits per heavy atom. The molecule has 1 atom stereocenters. The van der Waals surface area contributed by atoms with Crippen molar-refractivity contribution in [2.75, 3.05) is 24.5 Å². The van der Waals surface area contributed by atoms with Crippen LogP contribution in [0.25, 0.3) is 0 Å². The molecule has 4 heterocycles. The Morgan fingerprint density at radius 2 is 2.10 bits per heavy atom. The molecule has 0 aliphatic carbocycles. The second-order valence-corrected chi connectivity index (χ2v) is 8.61. The standard InChI is InChI=1S/C22H29N5O2/c1-15(2)10-20(28)17-4-3-8-27(13-17)22(29)16-5-6-21(23-11-16)26-9-7-19-18(14-26)12-24-25-19/h5-6,11-12,15,17H,3-4,7-10,13-14H2,1-2H3,(H,24,25)/t17-/m0/s1. The third-order valence-electron chi connectivity index (χ3n) is 5.89. The number of Topliss-reactive ketones (excluding diaryl/α,β-unsaturated/α-hetero) is 1. The molecule has 0 aromatic carbocycles. The topological polar surface area (TPSA) is 82.2 Å². The number of hydrogen-bond acceptors (Lipinski definition) is 5. The number of amides is 1. The smallest absolute Gasteiger partial charge is 0.255 e. The summed E-state index contributed by atoms with van der Waals surface area (Å²) in [6.07, 6.45) is 6.81. The summed E-state index contributed by atoms with van der Waals surface area (Å²) in [5.74, 6) is 1.46. The Kier molecular flexibility index (Phi) is 5.65. The molecule has 29 heavy (non-hydrogen) atoms. The lowest BCUT2D eigenvalue weighted by Crippen LogP contribution is -2.42. The van der Waals surface area contributed by atoms with Crippen LogP contribution in [0.5, 0.6) is 0 Å². The second kappa shape index (κ2) is 8.35. The van der Waals surface area contributed by atoms with Gasteiger partial charge in [-0.15, -0.1) is 0 Å². The number of fused-ring (bicyclic) bond motifs is 1. The first-order chi connectivity index (χ1) is 14.0. The first kappa shape index (κ1) is 19.6. The molecule has 0 spiro atoms. The Morgan fingerprint density at radius 1 is 1.24 bits per heavy atom. The predicted octanol–water partition coefficient (Wildman–Crippen LogP) is 2.83. The number of nitrogens with one attached hydrogen (secondary N) is 1. The van der Waals surface area contributed by atoms with Gasteiger partial charge in [0.2, 0.25) is 0 Å². The molecular weight excluding hydrogens is 366 g/mol. The molecule has 154 valence electrons. The van der Waals surface area contributed by atoms with E-state index < -0.39 is 0 Å². The van der Waals surface area contributed by atoms with E-state index in [0.29, 0.717) is 31.0 Å². The van der Waals surface area contributed by atoms with Gasteiger partial charge in [-0.05, 0) is 30.9 Å². The van der Waals surface area contributed by atoms with Crippen LogP contribution >= 0.6 is 0 Å². The number of likely N-dealkylation sites (tertiary alicyclic amines) is 1. The van der Waals surface area contributed by atoms with Gasteiger partial charge in [0.05, 0.1) is 11.8 Å². The van der Waals surface area contributed by atoms with E-state index in [4.69, 9.17) is 0 Å². The molecule has 0 bridgehead atoms. The van der Waals surface area contributed by atoms with Gasteiger partial charge in [0, 0.05) is 62.4 Å². The zero-order valence-corrected chi connectivity index (χ0v) is 17.2. The van der Waals surface area contributed by atoms with Crippen molar-refractivity contribution < 1.29 is 9.59 Å². The third kappa shape index (κ3) is 4.33. The minimum absolute atomic E-state index is 0.0261. The number of H-pyrrole nitrogens is 1. The molecule has 1 fully saturated rings. The minimum Gasteiger partial charge on any atom is -0.352 e. The molecule has 1 amide bonds. The van der Waals surface area contributed by atoms with Gasteiger partial charge in [-0.25, -0.2) is 4.98 Å². The zero-order valence-electron chi connectivity index (χ0n) is 17.2. The molecule has 7 heteroatoms. The molecular formula is C22H29N5O2. The second-order valence-electron chi connectivity index (χ2n) is 8.61. The van der Waals surface area contributed by atoms with Gasteiger partial charge >= 0.3 is 0 Å². The van der Waals surface area contributed by atoms with E-state index in [-0.39, 0.29) is 17.6 Å². The highest BCUT2D eigenvalue weighted by Crippen LogP contribution is 2.24. The number of rotatable bonds is 5. The summed E-state index contributed by atoms with van der Waals surface area (Å²) in [6.45, 7) is 7.02. The number of anilines is 1. The van der Waals surface area contributed by atoms with Crippen LogP contribution in [0.2, 0.25) is 0 Å². The van der Waals surface area contributed by atoms with Gasteiger partial charge in [0.25, 0.3) is 5.91 Å². The Balaban J connectivity index is 1.40. The zero-order chi connectivity index (χ0) is 20.4. The monoisotopic (exact) mass is 395 g/mol. The molecule has 2 aromatic rings. The molecule has 0 unspecified atom stereocenters. The lowest BCUT2D eigenvalue weighted by molar-refractivity contribution is -0.124. The summed E-state index contributed by atoms with van der Waals surface area (Å²) in [7, 11) is 0. The van der Waals surface area contributed by atoms with E-state index in [1.165, 1.54) is 11.3 Å². The van der Waals surface area contributed by atoms with Gasteiger partial charge in [0.15, 0.2) is 0 Å². The van der Waals surface area contributed by atoms with Gasteiger partial charge in [-0.2, -0.15) is 5.10 Å². The molecule has 2 aromatic heterocycles. The lowest BCUT2D eigenvalue weighted by Gasteiger charge is -2.32. The maximum Gasteiger partial charge on any atom is 0.255 e.